The summed E-state index contributed by atoms with van der Waals surface area (Å²) >= 11 is 21.4. The molecule has 7 nitrogen and oxygen atoms in total. The van der Waals surface area contributed by atoms with Gasteiger partial charge in [0, 0.05) is 44.9 Å². The van der Waals surface area contributed by atoms with Gasteiger partial charge in [-0.05, 0) is 60.9 Å². The minimum absolute atomic E-state index is 0.231. The number of hydrogen-bond acceptors (Lipinski definition) is 7. The fourth-order valence-corrected chi connectivity index (χ4v) is 6.23. The molecule has 0 fully saturated rings. The van der Waals surface area contributed by atoms with E-state index in [1.54, 1.807) is 29.9 Å². The molecule has 0 saturated carbocycles. The summed E-state index contributed by atoms with van der Waals surface area (Å²) in [4.78, 5) is 21.3. The molecule has 5 rings (SSSR count). The molecule has 0 radical (unpaired) electrons. The Kier molecular flexibility index (Phi) is 8.84. The third-order valence-corrected chi connectivity index (χ3v) is 8.58. The lowest BCUT2D eigenvalue weighted by atomic mass is 10.1. The van der Waals surface area contributed by atoms with Crippen LogP contribution in [0.2, 0.25) is 15.1 Å². The van der Waals surface area contributed by atoms with E-state index in [9.17, 15) is 4.79 Å². The minimum atomic E-state index is -0.231. The Labute approximate surface area is 248 Å². The average Bonchev–Trinajstić information content (AvgIpc) is 3.58. The average molecular weight is 616 g/mol. The molecule has 39 heavy (non-hydrogen) atoms. The zero-order valence-electron chi connectivity index (χ0n) is 20.6. The van der Waals surface area contributed by atoms with Crippen LogP contribution < -0.4 is 5.32 Å². The number of thioether (sulfide) groups is 1. The second-order valence-corrected chi connectivity index (χ2v) is 11.6. The van der Waals surface area contributed by atoms with Crippen LogP contribution in [0, 0.1) is 6.92 Å². The van der Waals surface area contributed by atoms with E-state index in [4.69, 9.17) is 34.8 Å². The molecule has 0 aliphatic heterocycles. The summed E-state index contributed by atoms with van der Waals surface area (Å²) in [7, 11) is 0. The van der Waals surface area contributed by atoms with Gasteiger partial charge in [-0.3, -0.25) is 14.3 Å². The Morgan fingerprint density at radius 1 is 1.03 bits per heavy atom. The summed E-state index contributed by atoms with van der Waals surface area (Å²) in [6.07, 6.45) is 4.03. The molecule has 0 unspecified atom stereocenters. The van der Waals surface area contributed by atoms with Crippen LogP contribution in [-0.4, -0.2) is 37.2 Å². The number of aromatic nitrogens is 5. The minimum Gasteiger partial charge on any atom is -0.350 e. The summed E-state index contributed by atoms with van der Waals surface area (Å²) < 4.78 is 1.99. The van der Waals surface area contributed by atoms with Gasteiger partial charge in [0.05, 0.1) is 11.4 Å². The van der Waals surface area contributed by atoms with E-state index in [1.165, 1.54) is 23.1 Å². The van der Waals surface area contributed by atoms with Crippen molar-refractivity contribution >= 4 is 63.8 Å². The number of amides is 1. The smallest absolute Gasteiger partial charge is 0.270 e. The topological polar surface area (TPSA) is 85.6 Å². The van der Waals surface area contributed by atoms with E-state index in [-0.39, 0.29) is 5.91 Å². The number of aryl methyl sites for hydroxylation is 1. The SMILES string of the molecule is Cc1ccc(Cl)cc1-n1c(SCc2nc(C(=O)NCCc3ccc(Cl)cc3Cl)cs2)nnc1-c1ccncc1. The molecule has 1 N–H and O–H groups in total. The molecule has 0 bridgehead atoms. The molecule has 12 heteroatoms. The molecule has 0 saturated heterocycles. The van der Waals surface area contributed by atoms with Crippen LogP contribution in [0.1, 0.15) is 26.6 Å². The molecular weight excluding hydrogens is 595 g/mol. The van der Waals surface area contributed by atoms with Crippen molar-refractivity contribution in [2.75, 3.05) is 6.54 Å². The van der Waals surface area contributed by atoms with Crippen LogP contribution in [0.25, 0.3) is 17.1 Å². The van der Waals surface area contributed by atoms with Gasteiger partial charge in [-0.15, -0.1) is 21.5 Å². The highest BCUT2D eigenvalue weighted by Gasteiger charge is 2.19. The van der Waals surface area contributed by atoms with Crippen LogP contribution in [0.3, 0.4) is 0 Å². The third kappa shape index (κ3) is 6.62. The van der Waals surface area contributed by atoms with Gasteiger partial charge >= 0.3 is 0 Å². The summed E-state index contributed by atoms with van der Waals surface area (Å²) in [5.74, 6) is 0.974. The van der Waals surface area contributed by atoms with E-state index in [0.717, 1.165) is 27.4 Å². The molecule has 3 aromatic heterocycles. The maximum atomic E-state index is 12.7. The molecule has 3 heterocycles. The molecule has 0 aliphatic rings. The Morgan fingerprint density at radius 2 is 1.79 bits per heavy atom. The van der Waals surface area contributed by atoms with E-state index in [1.807, 2.05) is 47.9 Å². The number of rotatable bonds is 9. The van der Waals surface area contributed by atoms with Crippen molar-refractivity contribution in [3.63, 3.8) is 0 Å². The Balaban J connectivity index is 1.29. The van der Waals surface area contributed by atoms with Crippen LogP contribution in [0.15, 0.2) is 71.5 Å². The van der Waals surface area contributed by atoms with Gasteiger partial charge in [-0.1, -0.05) is 58.7 Å². The fraction of sp³-hybridized carbons (Fsp3) is 0.148. The van der Waals surface area contributed by atoms with Gasteiger partial charge in [0.25, 0.3) is 5.91 Å². The van der Waals surface area contributed by atoms with E-state index in [2.05, 4.69) is 25.5 Å². The number of halogens is 3. The lowest BCUT2D eigenvalue weighted by molar-refractivity contribution is 0.0949. The van der Waals surface area contributed by atoms with Crippen molar-refractivity contribution < 1.29 is 4.79 Å². The molecule has 5 aromatic rings. The zero-order valence-corrected chi connectivity index (χ0v) is 24.5. The quantitative estimate of drug-likeness (QED) is 0.175. The Bertz CT molecular complexity index is 1620. The largest absolute Gasteiger partial charge is 0.350 e. The number of nitrogens with one attached hydrogen (secondary N) is 1. The van der Waals surface area contributed by atoms with E-state index >= 15 is 0 Å². The number of carbonyl (C=O) groups is 1. The standard InChI is InChI=1S/C27H21Cl3N6OS2/c1-16-2-4-20(29)13-23(16)36-25(18-6-9-31-10-7-18)34-35-27(36)39-15-24-33-22(14-38-24)26(37)32-11-8-17-3-5-19(28)12-21(17)30/h2-7,9-10,12-14H,8,11,15H2,1H3,(H,32,37). The van der Waals surface area contributed by atoms with E-state index < -0.39 is 0 Å². The summed E-state index contributed by atoms with van der Waals surface area (Å²) in [5.41, 5.74) is 4.10. The first-order valence-electron chi connectivity index (χ1n) is 11.8. The molecular formula is C27H21Cl3N6OS2. The predicted octanol–water partition coefficient (Wildman–Crippen LogP) is 7.32. The van der Waals surface area contributed by atoms with Crippen molar-refractivity contribution in [3.8, 4) is 17.1 Å². The second-order valence-electron chi connectivity index (χ2n) is 8.47. The maximum Gasteiger partial charge on any atom is 0.270 e. The first-order valence-corrected chi connectivity index (χ1v) is 14.8. The van der Waals surface area contributed by atoms with Gasteiger partial charge in [0.2, 0.25) is 0 Å². The lowest BCUT2D eigenvalue weighted by Crippen LogP contribution is -2.26. The van der Waals surface area contributed by atoms with Crippen LogP contribution in [0.5, 0.6) is 0 Å². The molecule has 0 atom stereocenters. The first kappa shape index (κ1) is 27.6. The Hall–Kier alpha value is -2.95. The van der Waals surface area contributed by atoms with Crippen molar-refractivity contribution in [1.29, 1.82) is 0 Å². The van der Waals surface area contributed by atoms with Crippen molar-refractivity contribution in [2.24, 2.45) is 0 Å². The zero-order chi connectivity index (χ0) is 27.4. The highest BCUT2D eigenvalue weighted by molar-refractivity contribution is 7.98. The number of carbonyl (C=O) groups excluding carboxylic acids is 1. The van der Waals surface area contributed by atoms with Gasteiger partial charge < -0.3 is 5.32 Å². The normalized spacial score (nSPS) is 11.1. The maximum absolute atomic E-state index is 12.7. The van der Waals surface area contributed by atoms with Gasteiger partial charge in [0.1, 0.15) is 10.7 Å². The number of nitrogens with zero attached hydrogens (tertiary/aromatic N) is 5. The van der Waals surface area contributed by atoms with Crippen LogP contribution >= 0.6 is 57.9 Å². The lowest BCUT2D eigenvalue weighted by Gasteiger charge is -2.13. The molecule has 0 spiro atoms. The van der Waals surface area contributed by atoms with Crippen molar-refractivity contribution in [1.82, 2.24) is 30.0 Å². The fourth-order valence-electron chi connectivity index (χ4n) is 3.83. The van der Waals surface area contributed by atoms with Crippen molar-refractivity contribution in [3.05, 3.63) is 103 Å². The Morgan fingerprint density at radius 3 is 2.59 bits per heavy atom. The summed E-state index contributed by atoms with van der Waals surface area (Å²) in [5, 5.41) is 16.9. The van der Waals surface area contributed by atoms with E-state index in [0.29, 0.717) is 50.5 Å². The third-order valence-electron chi connectivity index (χ3n) is 5.79. The second kappa shape index (κ2) is 12.5. The first-order chi connectivity index (χ1) is 18.9. The number of hydrogen-bond donors (Lipinski definition) is 1. The predicted molar refractivity (Wildman–Crippen MR) is 159 cm³/mol. The van der Waals surface area contributed by atoms with Crippen LogP contribution in [-0.2, 0) is 12.2 Å². The molecule has 0 aliphatic carbocycles. The van der Waals surface area contributed by atoms with Crippen molar-refractivity contribution in [2.45, 2.75) is 24.3 Å². The highest BCUT2D eigenvalue weighted by Crippen LogP contribution is 2.32. The number of pyridine rings is 1. The van der Waals surface area contributed by atoms with Gasteiger partial charge in [0.15, 0.2) is 11.0 Å². The monoisotopic (exact) mass is 614 g/mol. The summed E-state index contributed by atoms with van der Waals surface area (Å²) in [6, 6.07) is 14.8. The molecule has 198 valence electrons. The molecule has 2 aromatic carbocycles. The number of thiazole rings is 1. The van der Waals surface area contributed by atoms with Gasteiger partial charge in [-0.2, -0.15) is 0 Å². The highest BCUT2D eigenvalue weighted by atomic mass is 35.5. The number of benzene rings is 2. The summed E-state index contributed by atoms with van der Waals surface area (Å²) in [6.45, 7) is 2.45. The van der Waals surface area contributed by atoms with Crippen LogP contribution in [0.4, 0.5) is 0 Å². The molecule has 1 amide bonds. The van der Waals surface area contributed by atoms with Gasteiger partial charge in [-0.25, -0.2) is 4.98 Å².